The van der Waals surface area contributed by atoms with E-state index in [4.69, 9.17) is 19.4 Å². The van der Waals surface area contributed by atoms with Crippen LogP contribution in [0.2, 0.25) is 0 Å². The fourth-order valence-corrected chi connectivity index (χ4v) is 3.77. The Hall–Kier alpha value is -3.15. The van der Waals surface area contributed by atoms with E-state index in [2.05, 4.69) is 10.1 Å². The van der Waals surface area contributed by atoms with Crippen molar-refractivity contribution in [2.45, 2.75) is 37.1 Å². The number of halogens is 3. The van der Waals surface area contributed by atoms with Crippen molar-refractivity contribution in [3.05, 3.63) is 42.4 Å². The predicted molar refractivity (Wildman–Crippen MR) is 104 cm³/mol. The number of pyridine rings is 1. The van der Waals surface area contributed by atoms with E-state index >= 15 is 0 Å². The van der Waals surface area contributed by atoms with Crippen LogP contribution in [0.4, 0.5) is 13.2 Å². The second-order valence-electron chi connectivity index (χ2n) is 7.58. The maximum absolute atomic E-state index is 12.8. The van der Waals surface area contributed by atoms with Gasteiger partial charge in [-0.05, 0) is 25.0 Å². The number of alkyl halides is 3. The van der Waals surface area contributed by atoms with Crippen LogP contribution < -0.4 is 4.74 Å². The first-order valence-corrected chi connectivity index (χ1v) is 9.89. The molecule has 2 aromatic rings. The zero-order valence-corrected chi connectivity index (χ0v) is 17.3. The molecule has 9 nitrogen and oxygen atoms in total. The molecule has 0 unspecified atom stereocenters. The van der Waals surface area contributed by atoms with Crippen molar-refractivity contribution in [2.75, 3.05) is 19.7 Å². The first kappa shape index (κ1) is 23.5. The lowest BCUT2D eigenvalue weighted by Gasteiger charge is -2.39. The average molecular weight is 456 g/mol. The monoisotopic (exact) mass is 456 g/mol. The van der Waals surface area contributed by atoms with Gasteiger partial charge in [0.1, 0.15) is 11.8 Å². The lowest BCUT2D eigenvalue weighted by Crippen LogP contribution is -2.50. The van der Waals surface area contributed by atoms with Crippen LogP contribution >= 0.6 is 0 Å². The summed E-state index contributed by atoms with van der Waals surface area (Å²) in [6.45, 7) is 1.88. The van der Waals surface area contributed by atoms with E-state index < -0.39 is 12.1 Å². The molecule has 2 aliphatic heterocycles. The maximum atomic E-state index is 12.8. The summed E-state index contributed by atoms with van der Waals surface area (Å²) in [7, 11) is 1.79. The van der Waals surface area contributed by atoms with Crippen molar-refractivity contribution in [3.8, 4) is 5.88 Å². The smallest absolute Gasteiger partial charge is 0.475 e. The van der Waals surface area contributed by atoms with Crippen LogP contribution in [0.1, 0.15) is 29.8 Å². The summed E-state index contributed by atoms with van der Waals surface area (Å²) >= 11 is 0. The van der Waals surface area contributed by atoms with Crippen molar-refractivity contribution in [1.29, 1.82) is 0 Å². The van der Waals surface area contributed by atoms with Crippen LogP contribution in [0, 0.1) is 0 Å². The third-order valence-electron chi connectivity index (χ3n) is 5.21. The molecule has 12 heteroatoms. The third kappa shape index (κ3) is 5.75. The first-order valence-electron chi connectivity index (χ1n) is 9.89. The number of aryl methyl sites for hydroxylation is 1. The number of ether oxygens (including phenoxy) is 2. The maximum Gasteiger partial charge on any atom is 0.490 e. The quantitative estimate of drug-likeness (QED) is 0.755. The number of carbonyl (C=O) groups is 2. The van der Waals surface area contributed by atoms with Crippen molar-refractivity contribution in [3.63, 3.8) is 0 Å². The van der Waals surface area contributed by atoms with Crippen LogP contribution in [0.5, 0.6) is 5.88 Å². The molecule has 2 saturated heterocycles. The molecule has 4 rings (SSSR count). The molecule has 1 spiro atoms. The third-order valence-corrected chi connectivity index (χ3v) is 5.21. The number of aromatic nitrogens is 3. The van der Waals surface area contributed by atoms with Gasteiger partial charge < -0.3 is 19.5 Å². The van der Waals surface area contributed by atoms with Gasteiger partial charge in [-0.15, -0.1) is 0 Å². The summed E-state index contributed by atoms with van der Waals surface area (Å²) in [5, 5.41) is 11.2. The van der Waals surface area contributed by atoms with E-state index in [1.807, 2.05) is 23.1 Å². The van der Waals surface area contributed by atoms with Gasteiger partial charge in [0.15, 0.2) is 0 Å². The normalized spacial score (nSPS) is 22.9. The van der Waals surface area contributed by atoms with Gasteiger partial charge in [-0.3, -0.25) is 9.48 Å². The lowest BCUT2D eigenvalue weighted by molar-refractivity contribution is -0.192. The Balaban J connectivity index is 0.000000360. The van der Waals surface area contributed by atoms with Crippen LogP contribution in [-0.4, -0.2) is 74.2 Å². The molecule has 0 bridgehead atoms. The molecule has 0 aromatic carbocycles. The highest BCUT2D eigenvalue weighted by Crippen LogP contribution is 2.36. The Morgan fingerprint density at radius 2 is 2.03 bits per heavy atom. The number of hydrogen-bond acceptors (Lipinski definition) is 6. The van der Waals surface area contributed by atoms with E-state index in [0.717, 1.165) is 25.8 Å². The summed E-state index contributed by atoms with van der Waals surface area (Å²) in [4.78, 5) is 27.7. The number of aliphatic carboxylic acids is 1. The minimum absolute atomic E-state index is 0.0109. The number of carboxylic acids is 1. The van der Waals surface area contributed by atoms with Crippen molar-refractivity contribution in [2.24, 2.45) is 7.05 Å². The molecular formula is C20H23F3N4O5. The number of rotatable bonds is 3. The van der Waals surface area contributed by atoms with Crippen LogP contribution in [0.3, 0.4) is 0 Å². The Kier molecular flexibility index (Phi) is 7.02. The highest BCUT2D eigenvalue weighted by Gasteiger charge is 2.45. The fourth-order valence-electron chi connectivity index (χ4n) is 3.77. The molecule has 1 amide bonds. The summed E-state index contributed by atoms with van der Waals surface area (Å²) in [6, 6.07) is 7.38. The lowest BCUT2D eigenvalue weighted by atomic mass is 9.89. The predicted octanol–water partition coefficient (Wildman–Crippen LogP) is 2.29. The van der Waals surface area contributed by atoms with Gasteiger partial charge >= 0.3 is 12.1 Å². The second kappa shape index (κ2) is 9.55. The summed E-state index contributed by atoms with van der Waals surface area (Å²) in [6.07, 6.45) is 0.913. The molecule has 2 fully saturated rings. The molecular weight excluding hydrogens is 433 g/mol. The number of piperidine rings is 1. The number of amides is 1. The van der Waals surface area contributed by atoms with Gasteiger partial charge in [-0.25, -0.2) is 9.78 Å². The number of carbonyl (C=O) groups excluding carboxylic acids is 1. The topological polar surface area (TPSA) is 107 Å². The fraction of sp³-hybridized carbons (Fsp3) is 0.500. The van der Waals surface area contributed by atoms with E-state index in [1.54, 1.807) is 30.2 Å². The van der Waals surface area contributed by atoms with Crippen LogP contribution in [-0.2, 0) is 16.6 Å². The summed E-state index contributed by atoms with van der Waals surface area (Å²) in [5.74, 6) is -2.13. The minimum atomic E-state index is -5.08. The summed E-state index contributed by atoms with van der Waals surface area (Å²) < 4.78 is 45.4. The molecule has 32 heavy (non-hydrogen) atoms. The Morgan fingerprint density at radius 1 is 1.28 bits per heavy atom. The van der Waals surface area contributed by atoms with Crippen molar-refractivity contribution in [1.82, 2.24) is 19.7 Å². The van der Waals surface area contributed by atoms with Gasteiger partial charge in [0.05, 0.1) is 18.8 Å². The van der Waals surface area contributed by atoms with Gasteiger partial charge in [0.2, 0.25) is 5.88 Å². The van der Waals surface area contributed by atoms with Crippen LogP contribution in [0.15, 0.2) is 36.7 Å². The Labute approximate surface area is 181 Å². The van der Waals surface area contributed by atoms with Gasteiger partial charge in [-0.2, -0.15) is 18.3 Å². The molecule has 2 aromatic heterocycles. The Morgan fingerprint density at radius 3 is 2.62 bits per heavy atom. The number of carboxylic acid groups (broad SMARTS) is 1. The first-order chi connectivity index (χ1) is 15.1. The second-order valence-corrected chi connectivity index (χ2v) is 7.58. The molecule has 2 atom stereocenters. The van der Waals surface area contributed by atoms with Gasteiger partial charge in [-0.1, -0.05) is 6.07 Å². The van der Waals surface area contributed by atoms with Gasteiger partial charge in [0, 0.05) is 38.5 Å². The highest BCUT2D eigenvalue weighted by molar-refractivity contribution is 5.92. The number of hydrogen-bond donors (Lipinski definition) is 1. The van der Waals surface area contributed by atoms with E-state index in [0.29, 0.717) is 24.7 Å². The van der Waals surface area contributed by atoms with E-state index in [-0.39, 0.29) is 17.6 Å². The van der Waals surface area contributed by atoms with E-state index in [9.17, 15) is 18.0 Å². The molecule has 174 valence electrons. The Bertz CT molecular complexity index is 937. The zero-order chi connectivity index (χ0) is 23.4. The molecule has 0 saturated carbocycles. The van der Waals surface area contributed by atoms with Gasteiger partial charge in [0.25, 0.3) is 5.91 Å². The van der Waals surface area contributed by atoms with E-state index in [1.165, 1.54) is 0 Å². The molecule has 0 radical (unpaired) electrons. The molecule has 4 heterocycles. The minimum Gasteiger partial charge on any atom is -0.475 e. The van der Waals surface area contributed by atoms with Crippen LogP contribution in [0.25, 0.3) is 0 Å². The highest BCUT2D eigenvalue weighted by atomic mass is 19.4. The SMILES string of the molecule is Cn1nccc1C(=O)N1CCC[C@]2(C[C@@H](Oc3ccccn3)CO2)C1.O=C(O)C(F)(F)F. The molecule has 1 N–H and O–H groups in total. The number of nitrogens with zero attached hydrogens (tertiary/aromatic N) is 4. The number of likely N-dealkylation sites (tertiary alicyclic amines) is 1. The molecule has 0 aliphatic carbocycles. The van der Waals surface area contributed by atoms with Crippen molar-refractivity contribution < 1.29 is 37.3 Å². The summed E-state index contributed by atoms with van der Waals surface area (Å²) in [5.41, 5.74) is 0.294. The molecule has 2 aliphatic rings. The standard InChI is InChI=1S/C18H22N4O3.C2HF3O2/c1-21-15(6-9-20-21)17(23)22-10-4-7-18(13-22)11-14(12-24-18)25-16-5-2-3-8-19-16;3-2(4,5)1(6)7/h2-3,5-6,8-9,14H,4,7,10-13H2,1H3;(H,6,7)/t14-,18+;/m1./s1. The average Bonchev–Trinajstić information content (AvgIpc) is 3.34. The largest absolute Gasteiger partial charge is 0.490 e. The van der Waals surface area contributed by atoms with Crippen molar-refractivity contribution >= 4 is 11.9 Å². The zero-order valence-electron chi connectivity index (χ0n) is 17.3.